The maximum atomic E-state index is 5.59. The lowest BCUT2D eigenvalue weighted by atomic mass is 9.92. The summed E-state index contributed by atoms with van der Waals surface area (Å²) >= 11 is 3.29. The average Bonchev–Trinajstić information content (AvgIpc) is 2.26. The van der Waals surface area contributed by atoms with Gasteiger partial charge in [0.25, 0.3) is 0 Å². The van der Waals surface area contributed by atoms with Gasteiger partial charge in [0, 0.05) is 4.48 Å². The summed E-state index contributed by atoms with van der Waals surface area (Å²) in [6.45, 7) is 4.29. The van der Waals surface area contributed by atoms with Gasteiger partial charge in [-0.2, -0.15) is 0 Å². The minimum absolute atomic E-state index is 0.540. The van der Waals surface area contributed by atoms with E-state index >= 15 is 0 Å². The normalized spacial score (nSPS) is 14.5. The number of rotatable bonds is 3. The number of fused-ring (bicyclic) bond motifs is 1. The van der Waals surface area contributed by atoms with E-state index in [0.29, 0.717) is 6.61 Å². The van der Waals surface area contributed by atoms with Crippen molar-refractivity contribution in [2.24, 2.45) is 0 Å². The predicted octanol–water partition coefficient (Wildman–Crippen LogP) is 3.85. The highest BCUT2D eigenvalue weighted by atomic mass is 79.9. The molecule has 80 valence electrons. The standard InChI is InChI=1S/C13H15BrO/c1-10(14)9-15-13-7-6-11-4-2-3-5-12(11)8-13/h6-8H,1-5,9H2. The molecule has 0 atom stereocenters. The first-order valence-electron chi connectivity index (χ1n) is 5.33. The molecular weight excluding hydrogens is 252 g/mol. The fourth-order valence-corrected chi connectivity index (χ4v) is 2.08. The molecule has 0 heterocycles. The Morgan fingerprint density at radius 2 is 2.00 bits per heavy atom. The van der Waals surface area contributed by atoms with E-state index in [-0.39, 0.29) is 0 Å². The van der Waals surface area contributed by atoms with Crippen LogP contribution in [0.2, 0.25) is 0 Å². The smallest absolute Gasteiger partial charge is 0.120 e. The van der Waals surface area contributed by atoms with Crippen LogP contribution in [0, 0.1) is 0 Å². The van der Waals surface area contributed by atoms with E-state index in [1.54, 1.807) is 0 Å². The first kappa shape index (κ1) is 10.7. The highest BCUT2D eigenvalue weighted by Crippen LogP contribution is 2.25. The maximum Gasteiger partial charge on any atom is 0.120 e. The Morgan fingerprint density at radius 1 is 1.27 bits per heavy atom. The molecule has 0 aromatic heterocycles. The molecule has 1 aromatic rings. The molecular formula is C13H15BrO. The molecule has 0 saturated heterocycles. The van der Waals surface area contributed by atoms with E-state index in [1.807, 2.05) is 0 Å². The molecule has 0 amide bonds. The SMILES string of the molecule is C=C(Br)COc1ccc2c(c1)CCCC2. The second-order valence-electron chi connectivity index (χ2n) is 3.94. The van der Waals surface area contributed by atoms with Gasteiger partial charge in [0.1, 0.15) is 12.4 Å². The molecule has 15 heavy (non-hydrogen) atoms. The van der Waals surface area contributed by atoms with E-state index in [0.717, 1.165) is 10.2 Å². The van der Waals surface area contributed by atoms with E-state index in [4.69, 9.17) is 4.74 Å². The molecule has 0 spiro atoms. The number of aryl methyl sites for hydroxylation is 2. The van der Waals surface area contributed by atoms with Crippen molar-refractivity contribution < 1.29 is 4.74 Å². The minimum atomic E-state index is 0.540. The maximum absolute atomic E-state index is 5.59. The third-order valence-corrected chi connectivity index (χ3v) is 2.94. The second kappa shape index (κ2) is 4.84. The van der Waals surface area contributed by atoms with Crippen molar-refractivity contribution in [2.75, 3.05) is 6.61 Å². The van der Waals surface area contributed by atoms with Gasteiger partial charge in [0.15, 0.2) is 0 Å². The topological polar surface area (TPSA) is 9.23 Å². The van der Waals surface area contributed by atoms with Crippen molar-refractivity contribution >= 4 is 15.9 Å². The fourth-order valence-electron chi connectivity index (χ4n) is 1.96. The molecule has 0 radical (unpaired) electrons. The van der Waals surface area contributed by atoms with Crippen molar-refractivity contribution in [2.45, 2.75) is 25.7 Å². The number of hydrogen-bond acceptors (Lipinski definition) is 1. The summed E-state index contributed by atoms with van der Waals surface area (Å²) in [7, 11) is 0. The van der Waals surface area contributed by atoms with Crippen LogP contribution >= 0.6 is 15.9 Å². The van der Waals surface area contributed by atoms with Crippen molar-refractivity contribution in [1.29, 1.82) is 0 Å². The van der Waals surface area contributed by atoms with Crippen molar-refractivity contribution in [1.82, 2.24) is 0 Å². The van der Waals surface area contributed by atoms with Gasteiger partial charge in [-0.05, 0) is 48.9 Å². The highest BCUT2D eigenvalue weighted by Gasteiger charge is 2.09. The third-order valence-electron chi connectivity index (χ3n) is 2.72. The second-order valence-corrected chi connectivity index (χ2v) is 5.07. The van der Waals surface area contributed by atoms with Crippen LogP contribution in [0.25, 0.3) is 0 Å². The molecule has 1 aliphatic carbocycles. The van der Waals surface area contributed by atoms with E-state index in [9.17, 15) is 0 Å². The summed E-state index contributed by atoms with van der Waals surface area (Å²) in [6, 6.07) is 6.42. The van der Waals surface area contributed by atoms with Crippen LogP contribution in [0.3, 0.4) is 0 Å². The molecule has 0 bridgehead atoms. The van der Waals surface area contributed by atoms with Crippen LogP contribution < -0.4 is 4.74 Å². The van der Waals surface area contributed by atoms with Gasteiger partial charge >= 0.3 is 0 Å². The van der Waals surface area contributed by atoms with Gasteiger partial charge in [-0.15, -0.1) is 0 Å². The number of benzene rings is 1. The Kier molecular flexibility index (Phi) is 3.47. The van der Waals surface area contributed by atoms with Gasteiger partial charge < -0.3 is 4.74 Å². The summed E-state index contributed by atoms with van der Waals surface area (Å²) in [5.74, 6) is 0.955. The predicted molar refractivity (Wildman–Crippen MR) is 66.6 cm³/mol. The largest absolute Gasteiger partial charge is 0.488 e. The Hall–Kier alpha value is -0.760. The Labute approximate surface area is 99.3 Å². The molecule has 1 nitrogen and oxygen atoms in total. The minimum Gasteiger partial charge on any atom is -0.488 e. The van der Waals surface area contributed by atoms with Crippen LogP contribution in [0.15, 0.2) is 29.3 Å². The van der Waals surface area contributed by atoms with Gasteiger partial charge in [-0.25, -0.2) is 0 Å². The highest BCUT2D eigenvalue weighted by molar-refractivity contribution is 9.11. The summed E-state index contributed by atoms with van der Waals surface area (Å²) in [4.78, 5) is 0. The molecule has 1 aromatic carbocycles. The zero-order chi connectivity index (χ0) is 10.7. The number of halogens is 1. The lowest BCUT2D eigenvalue weighted by Crippen LogP contribution is -2.03. The molecule has 2 heteroatoms. The van der Waals surface area contributed by atoms with Crippen LogP contribution in [-0.2, 0) is 12.8 Å². The molecule has 1 aliphatic rings. The summed E-state index contributed by atoms with van der Waals surface area (Å²) in [6.07, 6.45) is 5.05. The Balaban J connectivity index is 2.10. The summed E-state index contributed by atoms with van der Waals surface area (Å²) in [5, 5.41) is 0. The number of hydrogen-bond donors (Lipinski definition) is 0. The molecule has 0 N–H and O–H groups in total. The molecule has 0 saturated carbocycles. The van der Waals surface area contributed by atoms with Crippen LogP contribution in [0.5, 0.6) is 5.75 Å². The number of ether oxygens (including phenoxy) is 1. The first-order chi connectivity index (χ1) is 7.25. The quantitative estimate of drug-likeness (QED) is 0.808. The molecule has 0 fully saturated rings. The summed E-state index contributed by atoms with van der Waals surface area (Å²) < 4.78 is 6.46. The van der Waals surface area contributed by atoms with E-state index in [1.165, 1.54) is 36.8 Å². The van der Waals surface area contributed by atoms with Crippen molar-refractivity contribution in [3.05, 3.63) is 40.4 Å². The van der Waals surface area contributed by atoms with E-state index < -0.39 is 0 Å². The molecule has 0 unspecified atom stereocenters. The Bertz CT molecular complexity index is 371. The van der Waals surface area contributed by atoms with Crippen LogP contribution in [0.1, 0.15) is 24.0 Å². The van der Waals surface area contributed by atoms with Crippen molar-refractivity contribution in [3.8, 4) is 5.75 Å². The third kappa shape index (κ3) is 2.85. The lowest BCUT2D eigenvalue weighted by molar-refractivity contribution is 0.360. The zero-order valence-electron chi connectivity index (χ0n) is 8.76. The monoisotopic (exact) mass is 266 g/mol. The fraction of sp³-hybridized carbons (Fsp3) is 0.385. The summed E-state index contributed by atoms with van der Waals surface area (Å²) in [5.41, 5.74) is 2.95. The van der Waals surface area contributed by atoms with Crippen LogP contribution in [-0.4, -0.2) is 6.61 Å². The van der Waals surface area contributed by atoms with E-state index in [2.05, 4.69) is 40.7 Å². The van der Waals surface area contributed by atoms with Gasteiger partial charge in [0.2, 0.25) is 0 Å². The lowest BCUT2D eigenvalue weighted by Gasteiger charge is -2.16. The zero-order valence-corrected chi connectivity index (χ0v) is 10.3. The molecule has 2 rings (SSSR count). The van der Waals surface area contributed by atoms with Gasteiger partial charge in [0.05, 0.1) is 0 Å². The first-order valence-corrected chi connectivity index (χ1v) is 6.13. The van der Waals surface area contributed by atoms with Gasteiger partial charge in [-0.3, -0.25) is 0 Å². The average molecular weight is 267 g/mol. The Morgan fingerprint density at radius 3 is 2.73 bits per heavy atom. The van der Waals surface area contributed by atoms with Crippen LogP contribution in [0.4, 0.5) is 0 Å². The van der Waals surface area contributed by atoms with Gasteiger partial charge in [-0.1, -0.05) is 28.6 Å². The molecule has 0 aliphatic heterocycles. The van der Waals surface area contributed by atoms with Crippen molar-refractivity contribution in [3.63, 3.8) is 0 Å².